The molecule has 0 amide bonds. The lowest BCUT2D eigenvalue weighted by Crippen LogP contribution is -2.52. The van der Waals surface area contributed by atoms with Crippen LogP contribution in [0.25, 0.3) is 10.4 Å². The smallest absolute Gasteiger partial charge is 0.489 e. The molecule has 1 unspecified atom stereocenters. The number of nitrogens with zero attached hydrogens (tertiary/aromatic N) is 1. The van der Waals surface area contributed by atoms with Gasteiger partial charge in [0.25, 0.3) is 0 Å². The van der Waals surface area contributed by atoms with Gasteiger partial charge in [-0.15, -0.1) is 34.0 Å². The van der Waals surface area contributed by atoms with Gasteiger partial charge in [0.1, 0.15) is 24.1 Å². The van der Waals surface area contributed by atoms with E-state index in [9.17, 15) is 31.8 Å². The summed E-state index contributed by atoms with van der Waals surface area (Å²) in [5, 5.41) is 9.50. The Hall–Kier alpha value is -2.93. The van der Waals surface area contributed by atoms with Crippen molar-refractivity contribution in [2.24, 2.45) is 0 Å². The lowest BCUT2D eigenvalue weighted by molar-refractivity contribution is -0.274. The van der Waals surface area contributed by atoms with E-state index in [2.05, 4.69) is 4.74 Å². The summed E-state index contributed by atoms with van der Waals surface area (Å²) in [6.45, 7) is 1.94. The van der Waals surface area contributed by atoms with E-state index >= 15 is 0 Å². The predicted octanol–water partition coefficient (Wildman–Crippen LogP) is 5.77. The molecule has 1 aromatic heterocycles. The fourth-order valence-corrected chi connectivity index (χ4v) is 8.48. The van der Waals surface area contributed by atoms with Crippen molar-refractivity contribution in [3.8, 4) is 21.9 Å². The Labute approximate surface area is 209 Å². The van der Waals surface area contributed by atoms with Crippen LogP contribution in [0.3, 0.4) is 0 Å². The Balaban J connectivity index is 1.44. The van der Waals surface area contributed by atoms with Crippen LogP contribution in [-0.4, -0.2) is 42.8 Å². The number of carboxylic acid groups (broad SMARTS) is 1. The van der Waals surface area contributed by atoms with Crippen molar-refractivity contribution in [2.45, 2.75) is 43.8 Å². The van der Waals surface area contributed by atoms with Crippen LogP contribution in [0.1, 0.15) is 23.8 Å². The van der Waals surface area contributed by atoms with E-state index in [0.717, 1.165) is 16.0 Å². The minimum atomic E-state index is -4.76. The van der Waals surface area contributed by atoms with Crippen LogP contribution in [0.2, 0.25) is 0 Å². The highest BCUT2D eigenvalue weighted by atomic mass is 32.3. The minimum absolute atomic E-state index is 0.0852. The number of benzene rings is 2. The summed E-state index contributed by atoms with van der Waals surface area (Å²) in [7, 11) is -4.50. The molecule has 0 radical (unpaired) electrons. The molecule has 0 saturated heterocycles. The molecule has 3 aromatic rings. The largest absolute Gasteiger partial charge is 0.573 e. The van der Waals surface area contributed by atoms with Gasteiger partial charge in [0.05, 0.1) is 11.4 Å². The van der Waals surface area contributed by atoms with Crippen molar-refractivity contribution in [3.63, 3.8) is 0 Å². The molecule has 12 heteroatoms. The first-order chi connectivity index (χ1) is 16.8. The van der Waals surface area contributed by atoms with Crippen molar-refractivity contribution >= 4 is 26.8 Å². The van der Waals surface area contributed by atoms with E-state index in [-0.39, 0.29) is 30.2 Å². The molecular weight excluding hydrogens is 519 g/mol. The van der Waals surface area contributed by atoms with Gasteiger partial charge in [-0.05, 0) is 47.9 Å². The molecule has 0 aliphatic carbocycles. The summed E-state index contributed by atoms with van der Waals surface area (Å²) >= 11 is 1.35. The van der Waals surface area contributed by atoms with Crippen LogP contribution in [0.5, 0.6) is 11.5 Å². The number of hydrogen-bond donors (Lipinski definition) is 2. The lowest BCUT2D eigenvalue weighted by atomic mass is 10.1. The molecule has 2 heterocycles. The van der Waals surface area contributed by atoms with E-state index < -0.39 is 27.9 Å². The van der Waals surface area contributed by atoms with Crippen LogP contribution in [0.4, 0.5) is 13.2 Å². The van der Waals surface area contributed by atoms with E-state index in [1.807, 2.05) is 24.3 Å². The SMILES string of the molecule is CCC(C(=O)O)N1Cc2sc(-c3ccc(COc4ccc(OC(F)(F)F)cc4)cc3)cc2S1(C)(=O)O. The Morgan fingerprint density at radius 1 is 1.14 bits per heavy atom. The van der Waals surface area contributed by atoms with Gasteiger partial charge in [0, 0.05) is 16.0 Å². The number of ether oxygens (including phenoxy) is 2. The van der Waals surface area contributed by atoms with Gasteiger partial charge in [-0.25, -0.2) is 0 Å². The molecule has 36 heavy (non-hydrogen) atoms. The average molecular weight is 544 g/mol. The van der Waals surface area contributed by atoms with Crippen molar-refractivity contribution in [1.82, 2.24) is 4.31 Å². The van der Waals surface area contributed by atoms with Crippen molar-refractivity contribution in [2.75, 3.05) is 6.26 Å². The van der Waals surface area contributed by atoms with E-state index in [1.54, 1.807) is 13.0 Å². The standard InChI is InChI=1S/C24H24F3NO6S2/c1-3-19(23(29)30)28-13-21-22(36(28,2,31)32)12-20(35-21)16-6-4-15(5-7-16)14-33-17-8-10-18(11-9-17)34-24(25,26)27/h4-12,19H,3,13-14H2,1-2H3,(H,29,30)(H,31,32). The summed E-state index contributed by atoms with van der Waals surface area (Å²) in [6, 6.07) is 13.0. The molecule has 1 aliphatic heterocycles. The third kappa shape index (κ3) is 5.26. The van der Waals surface area contributed by atoms with Gasteiger partial charge in [0.2, 0.25) is 0 Å². The average Bonchev–Trinajstić information content (AvgIpc) is 3.30. The molecule has 2 aromatic carbocycles. The maximum absolute atomic E-state index is 13.6. The quantitative estimate of drug-likeness (QED) is 0.375. The van der Waals surface area contributed by atoms with Gasteiger partial charge in [-0.2, -0.15) is 8.51 Å². The Bertz CT molecular complexity index is 1330. The van der Waals surface area contributed by atoms with Gasteiger partial charge < -0.3 is 14.6 Å². The molecule has 4 rings (SSSR count). The first-order valence-electron chi connectivity index (χ1n) is 10.9. The fourth-order valence-electron chi connectivity index (χ4n) is 4.06. The predicted molar refractivity (Wildman–Crippen MR) is 129 cm³/mol. The first kappa shape index (κ1) is 26.1. The maximum atomic E-state index is 13.6. The fraction of sp³-hybridized carbons (Fsp3) is 0.292. The molecule has 0 spiro atoms. The second-order valence-electron chi connectivity index (χ2n) is 8.47. The molecule has 0 bridgehead atoms. The molecule has 1 atom stereocenters. The summed E-state index contributed by atoms with van der Waals surface area (Å²) in [5.41, 5.74) is 1.64. The molecule has 1 aliphatic rings. The number of fused-ring (bicyclic) bond motifs is 1. The van der Waals surface area contributed by atoms with Crippen molar-refractivity contribution in [3.05, 3.63) is 65.0 Å². The van der Waals surface area contributed by atoms with Crippen LogP contribution < -0.4 is 9.47 Å². The Morgan fingerprint density at radius 2 is 1.75 bits per heavy atom. The van der Waals surface area contributed by atoms with Crippen LogP contribution in [0.15, 0.2) is 59.5 Å². The lowest BCUT2D eigenvalue weighted by Gasteiger charge is -2.45. The third-order valence-electron chi connectivity index (χ3n) is 5.85. The highest BCUT2D eigenvalue weighted by Gasteiger charge is 2.47. The van der Waals surface area contributed by atoms with Gasteiger partial charge in [-0.1, -0.05) is 31.2 Å². The summed E-state index contributed by atoms with van der Waals surface area (Å²) in [6.07, 6.45) is -3.35. The second-order valence-corrected chi connectivity index (χ2v) is 13.0. The summed E-state index contributed by atoms with van der Waals surface area (Å²) in [4.78, 5) is 13.3. The summed E-state index contributed by atoms with van der Waals surface area (Å²) in [5.74, 6) is -1.09. The molecule has 0 saturated carbocycles. The molecule has 2 N–H and O–H groups in total. The molecule has 7 nitrogen and oxygen atoms in total. The number of carboxylic acids is 1. The molecule has 194 valence electrons. The number of carbonyl (C=O) groups is 1. The maximum Gasteiger partial charge on any atom is 0.573 e. The van der Waals surface area contributed by atoms with Crippen LogP contribution in [0, 0.1) is 0 Å². The number of halogens is 3. The van der Waals surface area contributed by atoms with E-state index in [0.29, 0.717) is 10.6 Å². The monoisotopic (exact) mass is 543 g/mol. The van der Waals surface area contributed by atoms with Crippen molar-refractivity contribution in [1.29, 1.82) is 0 Å². The van der Waals surface area contributed by atoms with Gasteiger partial charge >= 0.3 is 12.3 Å². The number of aliphatic carboxylic acids is 1. The van der Waals surface area contributed by atoms with E-state index in [1.165, 1.54) is 46.2 Å². The first-order valence-corrected chi connectivity index (χ1v) is 14.0. The zero-order valence-corrected chi connectivity index (χ0v) is 21.0. The Kier molecular flexibility index (Phi) is 6.67. The summed E-state index contributed by atoms with van der Waals surface area (Å²) < 4.78 is 72.1. The third-order valence-corrected chi connectivity index (χ3v) is 10.0. The normalized spacial score (nSPS) is 18.6. The minimum Gasteiger partial charge on any atom is -0.489 e. The van der Waals surface area contributed by atoms with E-state index in [4.69, 9.17) is 4.74 Å². The van der Waals surface area contributed by atoms with Crippen LogP contribution >= 0.6 is 11.3 Å². The molecular formula is C24H24F3NO6S2. The zero-order chi connectivity index (χ0) is 26.3. The molecule has 0 fully saturated rings. The topological polar surface area (TPSA) is 96.3 Å². The van der Waals surface area contributed by atoms with Crippen LogP contribution in [-0.2, 0) is 27.5 Å². The highest BCUT2D eigenvalue weighted by molar-refractivity contribution is 8.12. The van der Waals surface area contributed by atoms with Gasteiger partial charge in [0.15, 0.2) is 0 Å². The highest BCUT2D eigenvalue weighted by Crippen LogP contribution is 2.50. The van der Waals surface area contributed by atoms with Gasteiger partial charge in [-0.3, -0.25) is 9.35 Å². The Morgan fingerprint density at radius 3 is 2.28 bits per heavy atom. The number of alkyl halides is 3. The van der Waals surface area contributed by atoms with Crippen molar-refractivity contribution < 1.29 is 41.3 Å². The number of hydrogen-bond acceptors (Lipinski definition) is 5. The second kappa shape index (κ2) is 9.18. The number of thiophene rings is 1. The zero-order valence-electron chi connectivity index (χ0n) is 19.3. The number of rotatable bonds is 8.